The molecule has 0 fully saturated rings. The highest BCUT2D eigenvalue weighted by Gasteiger charge is 2.16. The summed E-state index contributed by atoms with van der Waals surface area (Å²) in [6.45, 7) is 4.16. The first-order chi connectivity index (χ1) is 10.6. The number of hydrogen-bond donors (Lipinski definition) is 0. The van der Waals surface area contributed by atoms with Gasteiger partial charge >= 0.3 is 5.97 Å². The second-order valence-corrected chi connectivity index (χ2v) is 6.97. The minimum atomic E-state index is -0.341. The van der Waals surface area contributed by atoms with Gasteiger partial charge in [0.05, 0.1) is 12.7 Å². The summed E-state index contributed by atoms with van der Waals surface area (Å²) in [6.07, 6.45) is 1.57. The van der Waals surface area contributed by atoms with Crippen LogP contribution in [0.15, 0.2) is 40.5 Å². The highest BCUT2D eigenvalue weighted by atomic mass is 32.2. The molecule has 3 rings (SSSR count). The van der Waals surface area contributed by atoms with Gasteiger partial charge in [0, 0.05) is 15.2 Å². The zero-order valence-corrected chi connectivity index (χ0v) is 14.0. The number of aromatic nitrogens is 2. The maximum atomic E-state index is 11.9. The van der Waals surface area contributed by atoms with E-state index in [9.17, 15) is 4.79 Å². The van der Waals surface area contributed by atoms with Crippen molar-refractivity contribution in [1.29, 1.82) is 0 Å². The molecule has 0 aliphatic heterocycles. The molecule has 0 spiro atoms. The highest BCUT2D eigenvalue weighted by molar-refractivity contribution is 7.99. The first kappa shape index (κ1) is 15.0. The summed E-state index contributed by atoms with van der Waals surface area (Å²) in [6, 6.07) is 7.39. The van der Waals surface area contributed by atoms with Crippen LogP contribution in [0.5, 0.6) is 0 Å². The predicted molar refractivity (Wildman–Crippen MR) is 88.8 cm³/mol. The smallest absolute Gasteiger partial charge is 0.339 e. The Bertz CT molecular complexity index is 858. The lowest BCUT2D eigenvalue weighted by Crippen LogP contribution is -2.02. The Balaban J connectivity index is 2.10. The molecule has 1 aromatic carbocycles. The first-order valence-corrected chi connectivity index (χ1v) is 8.31. The van der Waals surface area contributed by atoms with E-state index >= 15 is 0 Å². The molecule has 112 valence electrons. The molecule has 2 aromatic heterocycles. The van der Waals surface area contributed by atoms with Crippen LogP contribution >= 0.6 is 23.1 Å². The third-order valence-corrected chi connectivity index (χ3v) is 5.62. The Labute approximate surface area is 136 Å². The maximum Gasteiger partial charge on any atom is 0.339 e. The van der Waals surface area contributed by atoms with Crippen LogP contribution in [-0.2, 0) is 4.74 Å². The quantitative estimate of drug-likeness (QED) is 0.531. The number of esters is 1. The normalized spacial score (nSPS) is 10.9. The number of nitrogens with zero attached hydrogens (tertiary/aromatic N) is 2. The molecule has 22 heavy (non-hydrogen) atoms. The van der Waals surface area contributed by atoms with Crippen molar-refractivity contribution in [2.45, 2.75) is 23.8 Å². The van der Waals surface area contributed by atoms with Gasteiger partial charge in [0.25, 0.3) is 0 Å². The summed E-state index contributed by atoms with van der Waals surface area (Å²) >= 11 is 3.13. The Morgan fingerprint density at radius 2 is 2.00 bits per heavy atom. The average Bonchev–Trinajstić information content (AvgIpc) is 2.83. The highest BCUT2D eigenvalue weighted by Crippen LogP contribution is 2.38. The van der Waals surface area contributed by atoms with Gasteiger partial charge in [0.15, 0.2) is 0 Å². The molecule has 6 heteroatoms. The molecule has 0 saturated carbocycles. The molecule has 0 aliphatic carbocycles. The summed E-state index contributed by atoms with van der Waals surface area (Å²) in [4.78, 5) is 23.7. The molecule has 4 nitrogen and oxygen atoms in total. The van der Waals surface area contributed by atoms with E-state index in [1.165, 1.54) is 29.3 Å². The lowest BCUT2D eigenvalue weighted by Gasteiger charge is -2.07. The van der Waals surface area contributed by atoms with Gasteiger partial charge in [-0.15, -0.1) is 11.3 Å². The number of aryl methyl sites for hydroxylation is 2. The van der Waals surface area contributed by atoms with Crippen molar-refractivity contribution in [3.05, 3.63) is 46.6 Å². The summed E-state index contributed by atoms with van der Waals surface area (Å²) in [5.41, 5.74) is 1.74. The van der Waals surface area contributed by atoms with Gasteiger partial charge in [0.2, 0.25) is 0 Å². The molecule has 0 radical (unpaired) electrons. The standard InChI is InChI=1S/C16H14N2O2S2/c1-9-10(2)21-14-13(9)15(18-8-17-14)22-12-7-5-4-6-11(12)16(19)20-3/h4-8H,1-3H3. The molecule has 0 atom stereocenters. The molecule has 3 aromatic rings. The van der Waals surface area contributed by atoms with Crippen molar-refractivity contribution in [3.63, 3.8) is 0 Å². The van der Waals surface area contributed by atoms with Crippen LogP contribution < -0.4 is 0 Å². The lowest BCUT2D eigenvalue weighted by molar-refractivity contribution is 0.0597. The minimum Gasteiger partial charge on any atom is -0.465 e. The minimum absolute atomic E-state index is 0.341. The van der Waals surface area contributed by atoms with E-state index in [2.05, 4.69) is 23.8 Å². The van der Waals surface area contributed by atoms with Crippen LogP contribution in [0.1, 0.15) is 20.8 Å². The van der Waals surface area contributed by atoms with Gasteiger partial charge in [-0.3, -0.25) is 0 Å². The van der Waals surface area contributed by atoms with E-state index in [0.29, 0.717) is 5.56 Å². The number of hydrogen-bond acceptors (Lipinski definition) is 6. The van der Waals surface area contributed by atoms with Crippen molar-refractivity contribution in [2.75, 3.05) is 7.11 Å². The Kier molecular flexibility index (Phi) is 4.13. The van der Waals surface area contributed by atoms with Crippen LogP contribution in [-0.4, -0.2) is 23.0 Å². The lowest BCUT2D eigenvalue weighted by atomic mass is 10.2. The second kappa shape index (κ2) is 6.06. The van der Waals surface area contributed by atoms with E-state index in [1.807, 2.05) is 18.2 Å². The van der Waals surface area contributed by atoms with Gasteiger partial charge < -0.3 is 4.74 Å². The average molecular weight is 330 g/mol. The summed E-state index contributed by atoms with van der Waals surface area (Å²) < 4.78 is 4.85. The number of fused-ring (bicyclic) bond motifs is 1. The van der Waals surface area contributed by atoms with Gasteiger partial charge in [-0.1, -0.05) is 23.9 Å². The van der Waals surface area contributed by atoms with Gasteiger partial charge in [-0.25, -0.2) is 14.8 Å². The SMILES string of the molecule is COC(=O)c1ccccc1Sc1ncnc2sc(C)c(C)c12. The molecule has 0 bridgehead atoms. The van der Waals surface area contributed by atoms with E-state index in [4.69, 9.17) is 4.74 Å². The molecule has 0 saturated heterocycles. The molecule has 0 aliphatic rings. The number of carbonyl (C=O) groups excluding carboxylic acids is 1. The van der Waals surface area contributed by atoms with Crippen molar-refractivity contribution < 1.29 is 9.53 Å². The number of benzene rings is 1. The molecule has 2 heterocycles. The fourth-order valence-electron chi connectivity index (χ4n) is 2.17. The van der Waals surface area contributed by atoms with Crippen LogP contribution in [0.4, 0.5) is 0 Å². The van der Waals surface area contributed by atoms with E-state index in [0.717, 1.165) is 20.1 Å². The number of ether oxygens (including phenoxy) is 1. The van der Waals surface area contributed by atoms with Crippen LogP contribution in [0.2, 0.25) is 0 Å². The van der Waals surface area contributed by atoms with E-state index in [1.54, 1.807) is 23.7 Å². The molecular formula is C16H14N2O2S2. The second-order valence-electron chi connectivity index (χ2n) is 4.73. The Morgan fingerprint density at radius 3 is 2.77 bits per heavy atom. The summed E-state index contributed by atoms with van der Waals surface area (Å²) in [5, 5.41) is 1.93. The fourth-order valence-corrected chi connectivity index (χ4v) is 4.30. The van der Waals surface area contributed by atoms with Crippen molar-refractivity contribution in [2.24, 2.45) is 0 Å². The van der Waals surface area contributed by atoms with Crippen LogP contribution in [0.25, 0.3) is 10.2 Å². The number of carbonyl (C=O) groups is 1. The zero-order chi connectivity index (χ0) is 15.7. The number of methoxy groups -OCH3 is 1. The molecule has 0 unspecified atom stereocenters. The topological polar surface area (TPSA) is 52.1 Å². The van der Waals surface area contributed by atoms with Crippen molar-refractivity contribution >= 4 is 39.3 Å². The fraction of sp³-hybridized carbons (Fsp3) is 0.188. The van der Waals surface area contributed by atoms with Crippen LogP contribution in [0.3, 0.4) is 0 Å². The van der Waals surface area contributed by atoms with Crippen molar-refractivity contribution in [1.82, 2.24) is 9.97 Å². The predicted octanol–water partition coefficient (Wildman–Crippen LogP) is 4.25. The molecule has 0 N–H and O–H groups in total. The largest absolute Gasteiger partial charge is 0.465 e. The summed E-state index contributed by atoms with van der Waals surface area (Å²) in [5.74, 6) is -0.341. The monoisotopic (exact) mass is 330 g/mol. The van der Waals surface area contributed by atoms with Gasteiger partial charge in [-0.05, 0) is 31.5 Å². The van der Waals surface area contributed by atoms with Gasteiger partial charge in [-0.2, -0.15) is 0 Å². The third kappa shape index (κ3) is 2.60. The molecule has 0 amide bonds. The van der Waals surface area contributed by atoms with Crippen molar-refractivity contribution in [3.8, 4) is 0 Å². The van der Waals surface area contributed by atoms with Gasteiger partial charge in [0.1, 0.15) is 16.2 Å². The Hall–Kier alpha value is -1.92. The number of thiophene rings is 1. The van der Waals surface area contributed by atoms with Crippen LogP contribution in [0, 0.1) is 13.8 Å². The van der Waals surface area contributed by atoms with E-state index in [-0.39, 0.29) is 5.97 Å². The zero-order valence-electron chi connectivity index (χ0n) is 12.4. The third-order valence-electron chi connectivity index (χ3n) is 3.43. The maximum absolute atomic E-state index is 11.9. The Morgan fingerprint density at radius 1 is 1.23 bits per heavy atom. The molecular weight excluding hydrogens is 316 g/mol. The summed E-state index contributed by atoms with van der Waals surface area (Å²) in [7, 11) is 1.39. The first-order valence-electron chi connectivity index (χ1n) is 6.67. The number of rotatable bonds is 3. The van der Waals surface area contributed by atoms with E-state index < -0.39 is 0 Å².